The van der Waals surface area contributed by atoms with Gasteiger partial charge in [0.05, 0.1) is 5.75 Å². The van der Waals surface area contributed by atoms with E-state index in [0.29, 0.717) is 16.0 Å². The van der Waals surface area contributed by atoms with Crippen LogP contribution in [0.1, 0.15) is 5.56 Å². The maximum Gasteiger partial charge on any atom is 0.230 e. The Morgan fingerprint density at radius 1 is 1.37 bits per heavy atom. The smallest absolute Gasteiger partial charge is 0.230 e. The Morgan fingerprint density at radius 3 is 2.74 bits per heavy atom. The third-order valence-corrected chi connectivity index (χ3v) is 4.04. The van der Waals surface area contributed by atoms with Gasteiger partial charge in [0.2, 0.25) is 11.0 Å². The Hall–Kier alpha value is -1.67. The van der Waals surface area contributed by atoms with E-state index in [1.807, 2.05) is 0 Å². The number of aromatic nitrogens is 2. The Morgan fingerprint density at radius 2 is 2.11 bits per heavy atom. The van der Waals surface area contributed by atoms with Crippen LogP contribution in [0.4, 0.5) is 9.52 Å². The van der Waals surface area contributed by atoms with Crippen LogP contribution < -0.4 is 11.1 Å². The number of hydrogen-bond donors (Lipinski definition) is 2. The number of rotatable bonds is 5. The van der Waals surface area contributed by atoms with Gasteiger partial charge < -0.3 is 11.1 Å². The fourth-order valence-corrected chi connectivity index (χ4v) is 2.73. The second-order valence-corrected chi connectivity index (χ2v) is 5.83. The topological polar surface area (TPSA) is 80.9 Å². The van der Waals surface area contributed by atoms with Crippen LogP contribution in [0.3, 0.4) is 0 Å². The number of amides is 1. The fourth-order valence-electron chi connectivity index (χ4n) is 1.26. The highest BCUT2D eigenvalue weighted by molar-refractivity contribution is 8.01. The standard InChI is InChI=1S/C11H11FN4OS2/c12-8-3-1-7(2-4-8)5-14-9(17)6-18-11-16-15-10(13)19-11/h1-4H,5-6H2,(H2,13,15)(H,14,17). The van der Waals surface area contributed by atoms with Crippen molar-refractivity contribution in [3.8, 4) is 0 Å². The van der Waals surface area contributed by atoms with Crippen molar-refractivity contribution in [1.29, 1.82) is 0 Å². The molecule has 0 unspecified atom stereocenters. The van der Waals surface area contributed by atoms with Crippen molar-refractivity contribution in [2.75, 3.05) is 11.5 Å². The molecule has 0 radical (unpaired) electrons. The number of nitrogens with one attached hydrogen (secondary N) is 1. The molecule has 2 aromatic rings. The van der Waals surface area contributed by atoms with Gasteiger partial charge in [-0.25, -0.2) is 4.39 Å². The van der Waals surface area contributed by atoms with Gasteiger partial charge in [0, 0.05) is 6.54 Å². The molecule has 8 heteroatoms. The van der Waals surface area contributed by atoms with E-state index < -0.39 is 0 Å². The van der Waals surface area contributed by atoms with Gasteiger partial charge in [-0.05, 0) is 17.7 Å². The summed E-state index contributed by atoms with van der Waals surface area (Å²) >= 11 is 2.52. The molecule has 0 saturated carbocycles. The molecular formula is C11H11FN4OS2. The molecule has 0 aliphatic heterocycles. The van der Waals surface area contributed by atoms with Crippen molar-refractivity contribution in [3.05, 3.63) is 35.6 Å². The normalized spacial score (nSPS) is 10.4. The number of nitrogens with zero attached hydrogens (tertiary/aromatic N) is 2. The molecule has 3 N–H and O–H groups in total. The predicted octanol–water partition coefficient (Wildman–Crippen LogP) is 1.67. The van der Waals surface area contributed by atoms with Gasteiger partial charge in [-0.15, -0.1) is 10.2 Å². The average molecular weight is 298 g/mol. The molecule has 1 aromatic heterocycles. The van der Waals surface area contributed by atoms with Gasteiger partial charge in [-0.2, -0.15) is 0 Å². The second kappa shape index (κ2) is 6.48. The molecule has 19 heavy (non-hydrogen) atoms. The zero-order valence-corrected chi connectivity index (χ0v) is 11.4. The summed E-state index contributed by atoms with van der Waals surface area (Å²) in [7, 11) is 0. The Balaban J connectivity index is 1.74. The van der Waals surface area contributed by atoms with Gasteiger partial charge in [-0.1, -0.05) is 35.2 Å². The van der Waals surface area contributed by atoms with E-state index >= 15 is 0 Å². The number of nitrogens with two attached hydrogens (primary N) is 1. The zero-order chi connectivity index (χ0) is 13.7. The van der Waals surface area contributed by atoms with Gasteiger partial charge in [-0.3, -0.25) is 4.79 Å². The van der Waals surface area contributed by atoms with E-state index in [1.54, 1.807) is 12.1 Å². The van der Waals surface area contributed by atoms with Crippen LogP contribution in [0.5, 0.6) is 0 Å². The summed E-state index contributed by atoms with van der Waals surface area (Å²) in [5, 5.41) is 10.6. The predicted molar refractivity (Wildman–Crippen MR) is 73.3 cm³/mol. The molecule has 0 aliphatic rings. The van der Waals surface area contributed by atoms with Crippen LogP contribution in [0, 0.1) is 5.82 Å². The Kier molecular flexibility index (Phi) is 4.69. The molecule has 0 fully saturated rings. The SMILES string of the molecule is Nc1nnc(SCC(=O)NCc2ccc(F)cc2)s1. The van der Waals surface area contributed by atoms with Crippen molar-refractivity contribution in [2.45, 2.75) is 10.9 Å². The van der Waals surface area contributed by atoms with Crippen molar-refractivity contribution in [3.63, 3.8) is 0 Å². The van der Waals surface area contributed by atoms with E-state index in [2.05, 4.69) is 15.5 Å². The van der Waals surface area contributed by atoms with Crippen LogP contribution >= 0.6 is 23.1 Å². The molecule has 0 aliphatic carbocycles. The van der Waals surface area contributed by atoms with E-state index in [-0.39, 0.29) is 17.5 Å². The molecule has 1 amide bonds. The number of halogens is 1. The van der Waals surface area contributed by atoms with Crippen molar-refractivity contribution in [1.82, 2.24) is 15.5 Å². The monoisotopic (exact) mass is 298 g/mol. The molecule has 0 bridgehead atoms. The zero-order valence-electron chi connectivity index (χ0n) is 9.80. The minimum absolute atomic E-state index is 0.122. The van der Waals surface area contributed by atoms with E-state index in [4.69, 9.17) is 5.73 Å². The molecule has 5 nitrogen and oxygen atoms in total. The molecular weight excluding hydrogens is 287 g/mol. The molecule has 1 aromatic carbocycles. The summed E-state index contributed by atoms with van der Waals surface area (Å²) in [5.74, 6) is -0.168. The maximum atomic E-state index is 12.7. The first-order valence-electron chi connectivity index (χ1n) is 5.36. The first kappa shape index (κ1) is 13.8. The summed E-state index contributed by atoms with van der Waals surface area (Å²) in [6, 6.07) is 5.99. The van der Waals surface area contributed by atoms with Crippen LogP contribution in [0.2, 0.25) is 0 Å². The highest BCUT2D eigenvalue weighted by Gasteiger charge is 2.06. The molecule has 0 spiro atoms. The largest absolute Gasteiger partial charge is 0.374 e. The van der Waals surface area contributed by atoms with Crippen molar-refractivity contribution < 1.29 is 9.18 Å². The third kappa shape index (κ3) is 4.49. The number of nitrogen functional groups attached to an aromatic ring is 1. The maximum absolute atomic E-state index is 12.7. The van der Waals surface area contributed by atoms with Crippen LogP contribution in [0.25, 0.3) is 0 Å². The molecule has 100 valence electrons. The quantitative estimate of drug-likeness (QED) is 0.821. The lowest BCUT2D eigenvalue weighted by molar-refractivity contribution is -0.118. The molecule has 0 atom stereocenters. The highest BCUT2D eigenvalue weighted by Crippen LogP contribution is 2.22. The van der Waals surface area contributed by atoms with E-state index in [0.717, 1.165) is 5.56 Å². The minimum atomic E-state index is -0.292. The number of anilines is 1. The number of carbonyl (C=O) groups is 1. The second-order valence-electron chi connectivity index (χ2n) is 3.60. The number of thioether (sulfide) groups is 1. The fraction of sp³-hybridized carbons (Fsp3) is 0.182. The number of carbonyl (C=O) groups excluding carboxylic acids is 1. The molecule has 0 saturated heterocycles. The van der Waals surface area contributed by atoms with Crippen molar-refractivity contribution >= 4 is 34.1 Å². The molecule has 1 heterocycles. The average Bonchev–Trinajstić information content (AvgIpc) is 2.81. The first-order valence-corrected chi connectivity index (χ1v) is 7.16. The number of benzene rings is 1. The van der Waals surface area contributed by atoms with Gasteiger partial charge in [0.1, 0.15) is 5.82 Å². The summed E-state index contributed by atoms with van der Waals surface area (Å²) in [6.07, 6.45) is 0. The van der Waals surface area contributed by atoms with Crippen molar-refractivity contribution in [2.24, 2.45) is 0 Å². The third-order valence-electron chi connectivity index (χ3n) is 2.15. The van der Waals surface area contributed by atoms with Crippen LogP contribution in [-0.2, 0) is 11.3 Å². The summed E-state index contributed by atoms with van der Waals surface area (Å²) in [6.45, 7) is 0.373. The summed E-state index contributed by atoms with van der Waals surface area (Å²) in [4.78, 5) is 11.6. The van der Waals surface area contributed by atoms with Crippen LogP contribution in [-0.4, -0.2) is 21.9 Å². The lowest BCUT2D eigenvalue weighted by atomic mass is 10.2. The molecule has 2 rings (SSSR count). The van der Waals surface area contributed by atoms with Gasteiger partial charge in [0.15, 0.2) is 4.34 Å². The highest BCUT2D eigenvalue weighted by atomic mass is 32.2. The Labute approximate surface area is 117 Å². The lowest BCUT2D eigenvalue weighted by Crippen LogP contribution is -2.24. The van der Waals surface area contributed by atoms with Gasteiger partial charge in [0.25, 0.3) is 0 Å². The van der Waals surface area contributed by atoms with E-state index in [9.17, 15) is 9.18 Å². The van der Waals surface area contributed by atoms with Crippen LogP contribution in [0.15, 0.2) is 28.6 Å². The minimum Gasteiger partial charge on any atom is -0.374 e. The lowest BCUT2D eigenvalue weighted by Gasteiger charge is -2.04. The number of hydrogen-bond acceptors (Lipinski definition) is 6. The first-order chi connectivity index (χ1) is 9.13. The summed E-state index contributed by atoms with van der Waals surface area (Å²) < 4.78 is 13.3. The summed E-state index contributed by atoms with van der Waals surface area (Å²) in [5.41, 5.74) is 6.28. The van der Waals surface area contributed by atoms with Gasteiger partial charge >= 0.3 is 0 Å². The Bertz CT molecular complexity index is 558. The van der Waals surface area contributed by atoms with E-state index in [1.165, 1.54) is 35.2 Å².